The first-order chi connectivity index (χ1) is 13.2. The fourth-order valence-corrected chi connectivity index (χ4v) is 3.52. The summed E-state index contributed by atoms with van der Waals surface area (Å²) in [6.45, 7) is 2.99. The van der Waals surface area contributed by atoms with Crippen LogP contribution in [0, 0.1) is 6.92 Å². The van der Waals surface area contributed by atoms with Gasteiger partial charge in [0.2, 0.25) is 0 Å². The Balaban J connectivity index is 1.33. The molecule has 1 aliphatic rings. The van der Waals surface area contributed by atoms with E-state index in [9.17, 15) is 4.79 Å². The lowest BCUT2D eigenvalue weighted by molar-refractivity contribution is 0.00206. The number of furan rings is 1. The Morgan fingerprint density at radius 1 is 1.26 bits per heavy atom. The van der Waals surface area contributed by atoms with Gasteiger partial charge in [-0.15, -0.1) is 0 Å². The molecule has 1 fully saturated rings. The summed E-state index contributed by atoms with van der Waals surface area (Å²) < 4.78 is 11.7. The molecule has 6 nitrogen and oxygen atoms in total. The molecule has 2 atom stereocenters. The number of pyridine rings is 1. The number of nitrogens with zero attached hydrogens (tertiary/aromatic N) is 1. The molecule has 0 spiro atoms. The van der Waals surface area contributed by atoms with E-state index in [-0.39, 0.29) is 18.2 Å². The van der Waals surface area contributed by atoms with E-state index in [2.05, 4.69) is 15.6 Å². The fraction of sp³-hybridized carbons (Fsp3) is 0.333. The lowest BCUT2D eigenvalue weighted by atomic mass is 9.99. The van der Waals surface area contributed by atoms with Crippen molar-refractivity contribution in [2.75, 3.05) is 6.61 Å². The van der Waals surface area contributed by atoms with Crippen LogP contribution >= 0.6 is 0 Å². The lowest BCUT2D eigenvalue weighted by Gasteiger charge is -2.30. The minimum atomic E-state index is -0.188. The molecule has 2 aromatic heterocycles. The molecule has 0 bridgehead atoms. The maximum Gasteiger partial charge on any atom is 0.315 e. The Kier molecular flexibility index (Phi) is 5.07. The maximum atomic E-state index is 12.3. The Morgan fingerprint density at radius 2 is 2.15 bits per heavy atom. The minimum absolute atomic E-state index is 0.0321. The van der Waals surface area contributed by atoms with Crippen molar-refractivity contribution in [2.45, 2.75) is 38.5 Å². The summed E-state index contributed by atoms with van der Waals surface area (Å²) in [7, 11) is 0. The number of hydrogen-bond acceptors (Lipinski definition) is 4. The molecule has 1 aromatic carbocycles. The van der Waals surface area contributed by atoms with Gasteiger partial charge >= 0.3 is 6.03 Å². The summed E-state index contributed by atoms with van der Waals surface area (Å²) >= 11 is 0. The number of carbonyl (C=O) groups excluding carboxylic acids is 1. The van der Waals surface area contributed by atoms with Crippen LogP contribution in [0.25, 0.3) is 11.0 Å². The fourth-order valence-electron chi connectivity index (χ4n) is 3.52. The smallest absolute Gasteiger partial charge is 0.315 e. The van der Waals surface area contributed by atoms with E-state index in [4.69, 9.17) is 9.15 Å². The van der Waals surface area contributed by atoms with Gasteiger partial charge in [-0.2, -0.15) is 0 Å². The highest BCUT2D eigenvalue weighted by Gasteiger charge is 2.25. The van der Waals surface area contributed by atoms with Crippen LogP contribution in [-0.2, 0) is 11.3 Å². The normalized spacial score (nSPS) is 19.7. The van der Waals surface area contributed by atoms with Crippen molar-refractivity contribution in [2.24, 2.45) is 0 Å². The first-order valence-corrected chi connectivity index (χ1v) is 9.23. The number of hydrogen-bond donors (Lipinski definition) is 2. The zero-order valence-electron chi connectivity index (χ0n) is 15.3. The van der Waals surface area contributed by atoms with Gasteiger partial charge in [0.25, 0.3) is 0 Å². The number of rotatable bonds is 4. The second kappa shape index (κ2) is 7.80. The number of fused-ring (bicyclic) bond motifs is 1. The molecule has 0 aliphatic carbocycles. The van der Waals surface area contributed by atoms with Crippen LogP contribution in [0.1, 0.15) is 35.8 Å². The molecule has 2 unspecified atom stereocenters. The SMILES string of the molecule is Cc1c(CNC(=O)NC2CCOC(c3cccnc3)C2)oc2ccccc12. The van der Waals surface area contributed by atoms with E-state index >= 15 is 0 Å². The lowest BCUT2D eigenvalue weighted by Crippen LogP contribution is -2.44. The molecule has 3 aromatic rings. The van der Waals surface area contributed by atoms with Crippen LogP contribution in [-0.4, -0.2) is 23.7 Å². The first-order valence-electron chi connectivity index (χ1n) is 9.23. The van der Waals surface area contributed by atoms with Crippen LogP contribution in [0.15, 0.2) is 53.2 Å². The second-order valence-corrected chi connectivity index (χ2v) is 6.84. The van der Waals surface area contributed by atoms with Crippen molar-refractivity contribution in [1.82, 2.24) is 15.6 Å². The molecule has 1 saturated heterocycles. The van der Waals surface area contributed by atoms with Gasteiger partial charge in [-0.1, -0.05) is 24.3 Å². The number of ether oxygens (including phenoxy) is 1. The number of aryl methyl sites for hydroxylation is 1. The standard InChI is InChI=1S/C21H23N3O3/c1-14-17-6-2-3-7-18(17)27-20(14)13-23-21(25)24-16-8-10-26-19(11-16)15-5-4-9-22-12-15/h2-7,9,12,16,19H,8,10-11,13H2,1H3,(H2,23,24,25). The number of para-hydroxylation sites is 1. The van der Waals surface area contributed by atoms with Gasteiger partial charge in [-0.3, -0.25) is 4.98 Å². The summed E-state index contributed by atoms with van der Waals surface area (Å²) in [6.07, 6.45) is 5.07. The van der Waals surface area contributed by atoms with E-state index in [1.54, 1.807) is 6.20 Å². The number of nitrogens with one attached hydrogen (secondary N) is 2. The quantitative estimate of drug-likeness (QED) is 0.736. The number of urea groups is 1. The van der Waals surface area contributed by atoms with Crippen molar-refractivity contribution >= 4 is 17.0 Å². The highest BCUT2D eigenvalue weighted by molar-refractivity contribution is 5.82. The Hall–Kier alpha value is -2.86. The topological polar surface area (TPSA) is 76.4 Å². The summed E-state index contributed by atoms with van der Waals surface area (Å²) in [4.78, 5) is 16.5. The Labute approximate surface area is 157 Å². The predicted octanol–water partition coefficient (Wildman–Crippen LogP) is 3.86. The molecule has 0 radical (unpaired) electrons. The molecular formula is C21H23N3O3. The molecule has 0 saturated carbocycles. The zero-order chi connectivity index (χ0) is 18.6. The van der Waals surface area contributed by atoms with Gasteiger partial charge in [0.05, 0.1) is 12.6 Å². The van der Waals surface area contributed by atoms with Gasteiger partial charge in [-0.05, 0) is 37.5 Å². The van der Waals surface area contributed by atoms with Gasteiger partial charge in [0, 0.05) is 36.0 Å². The number of aromatic nitrogens is 1. The molecule has 2 N–H and O–H groups in total. The van der Waals surface area contributed by atoms with Crippen molar-refractivity contribution in [3.05, 3.63) is 65.7 Å². The summed E-state index contributed by atoms with van der Waals surface area (Å²) in [5.41, 5.74) is 2.95. The molecule has 1 aliphatic heterocycles. The Bertz CT molecular complexity index is 923. The zero-order valence-corrected chi connectivity index (χ0v) is 15.3. The molecule has 27 heavy (non-hydrogen) atoms. The third-order valence-corrected chi connectivity index (χ3v) is 5.03. The third kappa shape index (κ3) is 3.95. The number of benzene rings is 1. The minimum Gasteiger partial charge on any atom is -0.459 e. The van der Waals surface area contributed by atoms with Crippen LogP contribution in [0.5, 0.6) is 0 Å². The number of amides is 2. The summed E-state index contributed by atoms with van der Waals surface area (Å²) in [5.74, 6) is 0.784. The molecule has 6 heteroatoms. The summed E-state index contributed by atoms with van der Waals surface area (Å²) in [6, 6.07) is 11.7. The first kappa shape index (κ1) is 17.5. The largest absolute Gasteiger partial charge is 0.459 e. The Morgan fingerprint density at radius 3 is 2.96 bits per heavy atom. The van der Waals surface area contributed by atoms with Gasteiger partial charge in [0.1, 0.15) is 11.3 Å². The van der Waals surface area contributed by atoms with E-state index < -0.39 is 0 Å². The van der Waals surface area contributed by atoms with Crippen molar-refractivity contribution < 1.29 is 13.9 Å². The van der Waals surface area contributed by atoms with Crippen LogP contribution in [0.2, 0.25) is 0 Å². The van der Waals surface area contributed by atoms with Crippen molar-refractivity contribution in [3.8, 4) is 0 Å². The second-order valence-electron chi connectivity index (χ2n) is 6.84. The van der Waals surface area contributed by atoms with Gasteiger partial charge in [-0.25, -0.2) is 4.79 Å². The van der Waals surface area contributed by atoms with E-state index in [1.807, 2.05) is 49.5 Å². The van der Waals surface area contributed by atoms with Crippen LogP contribution in [0.3, 0.4) is 0 Å². The van der Waals surface area contributed by atoms with Gasteiger partial charge in [0.15, 0.2) is 0 Å². The van der Waals surface area contributed by atoms with Crippen LogP contribution < -0.4 is 10.6 Å². The highest BCUT2D eigenvalue weighted by atomic mass is 16.5. The van der Waals surface area contributed by atoms with Crippen molar-refractivity contribution in [1.29, 1.82) is 0 Å². The third-order valence-electron chi connectivity index (χ3n) is 5.03. The molecule has 140 valence electrons. The molecule has 2 amide bonds. The highest BCUT2D eigenvalue weighted by Crippen LogP contribution is 2.27. The van der Waals surface area contributed by atoms with Gasteiger partial charge < -0.3 is 19.8 Å². The molecule has 3 heterocycles. The predicted molar refractivity (Wildman–Crippen MR) is 102 cm³/mol. The van der Waals surface area contributed by atoms with E-state index in [0.29, 0.717) is 13.2 Å². The van der Waals surface area contributed by atoms with Crippen molar-refractivity contribution in [3.63, 3.8) is 0 Å². The molecule has 4 rings (SSSR count). The summed E-state index contributed by atoms with van der Waals surface area (Å²) in [5, 5.41) is 7.04. The number of carbonyl (C=O) groups is 1. The van der Waals surface area contributed by atoms with E-state index in [0.717, 1.165) is 40.7 Å². The van der Waals surface area contributed by atoms with E-state index in [1.165, 1.54) is 0 Å². The average molecular weight is 365 g/mol. The monoisotopic (exact) mass is 365 g/mol. The molecular weight excluding hydrogens is 342 g/mol. The maximum absolute atomic E-state index is 12.3. The average Bonchev–Trinajstić information content (AvgIpc) is 3.03. The van der Waals surface area contributed by atoms with Crippen LogP contribution in [0.4, 0.5) is 4.79 Å².